The molecule has 138 valence electrons. The van der Waals surface area contributed by atoms with Crippen LogP contribution in [0.15, 0.2) is 36.4 Å². The maximum absolute atomic E-state index is 9.70. The molecule has 2 aromatic carbocycles. The van der Waals surface area contributed by atoms with Crippen molar-refractivity contribution in [1.82, 2.24) is 0 Å². The Hall–Kier alpha value is -1.71. The van der Waals surface area contributed by atoms with E-state index in [1.54, 1.807) is 12.1 Å². The number of anilines is 1. The first kappa shape index (κ1) is 17.7. The molecule has 0 saturated carbocycles. The molecule has 0 aliphatic carbocycles. The van der Waals surface area contributed by atoms with Crippen molar-refractivity contribution in [3.63, 3.8) is 0 Å². The quantitative estimate of drug-likeness (QED) is 0.675. The fourth-order valence-electron chi connectivity index (χ4n) is 4.31. The second-order valence-corrected chi connectivity index (χ2v) is 7.99. The summed E-state index contributed by atoms with van der Waals surface area (Å²) in [7, 11) is 0. The normalized spacial score (nSPS) is 25.7. The lowest BCUT2D eigenvalue weighted by molar-refractivity contribution is -0.0381. The van der Waals surface area contributed by atoms with Gasteiger partial charge in [-0.25, -0.2) is 0 Å². The molecule has 4 rings (SSSR count). The van der Waals surface area contributed by atoms with Crippen molar-refractivity contribution in [3.05, 3.63) is 58.1 Å². The molecule has 2 aromatic rings. The molecule has 3 nitrogen and oxygen atoms in total. The van der Waals surface area contributed by atoms with Crippen LogP contribution in [-0.2, 0) is 4.74 Å². The minimum absolute atomic E-state index is 0.0929. The van der Waals surface area contributed by atoms with Gasteiger partial charge in [0.2, 0.25) is 0 Å². The maximum Gasteiger partial charge on any atom is 0.117 e. The van der Waals surface area contributed by atoms with Crippen LogP contribution in [0.3, 0.4) is 0 Å². The Bertz CT molecular complexity index is 807. The predicted octanol–water partition coefficient (Wildman–Crippen LogP) is 6.19. The third kappa shape index (κ3) is 3.08. The molecule has 2 N–H and O–H groups in total. The van der Waals surface area contributed by atoms with E-state index >= 15 is 0 Å². The highest BCUT2D eigenvalue weighted by Crippen LogP contribution is 2.50. The molecule has 26 heavy (non-hydrogen) atoms. The molecule has 0 bridgehead atoms. The highest BCUT2D eigenvalue weighted by Gasteiger charge is 2.40. The number of hydrogen-bond donors (Lipinski definition) is 2. The summed E-state index contributed by atoms with van der Waals surface area (Å²) in [5, 5.41) is 14.0. The number of benzene rings is 2. The average Bonchev–Trinajstić information content (AvgIpc) is 2.66. The van der Waals surface area contributed by atoms with Gasteiger partial charge in [-0.1, -0.05) is 43.6 Å². The monoisotopic (exact) mass is 371 g/mol. The van der Waals surface area contributed by atoms with Gasteiger partial charge in [-0.05, 0) is 54.5 Å². The molecule has 2 aliphatic heterocycles. The molecule has 2 aliphatic rings. The van der Waals surface area contributed by atoms with Crippen molar-refractivity contribution in [2.45, 2.75) is 51.2 Å². The maximum atomic E-state index is 9.70. The zero-order valence-electron chi connectivity index (χ0n) is 15.3. The fraction of sp³-hybridized carbons (Fsp3) is 0.455. The zero-order valence-corrected chi connectivity index (χ0v) is 16.1. The SMILES string of the molecule is CCC(C)c1ccc2c(c1)C1OCCCC1C(c1ccc(O)cc1Cl)N2. The number of phenolic OH excluding ortho intramolecular Hbond substituents is 1. The van der Waals surface area contributed by atoms with E-state index in [2.05, 4.69) is 37.4 Å². The van der Waals surface area contributed by atoms with Crippen LogP contribution in [-0.4, -0.2) is 11.7 Å². The molecule has 4 unspecified atom stereocenters. The summed E-state index contributed by atoms with van der Waals surface area (Å²) in [5.41, 5.74) is 4.82. The molecular formula is C22H26ClNO2. The number of hydrogen-bond acceptors (Lipinski definition) is 3. The number of ether oxygens (including phenoxy) is 1. The van der Waals surface area contributed by atoms with Gasteiger partial charge in [0.1, 0.15) is 5.75 Å². The lowest BCUT2D eigenvalue weighted by atomic mass is 9.76. The standard InChI is InChI=1S/C22H26ClNO2/c1-3-13(2)14-6-9-20-18(11-14)22-17(5-4-10-26-22)21(24-20)16-8-7-15(25)12-19(16)23/h6-9,11-13,17,21-22,24-25H,3-5,10H2,1-2H3. The molecule has 0 radical (unpaired) electrons. The van der Waals surface area contributed by atoms with E-state index in [0.717, 1.165) is 37.1 Å². The van der Waals surface area contributed by atoms with E-state index in [1.165, 1.54) is 11.1 Å². The molecule has 4 atom stereocenters. The van der Waals surface area contributed by atoms with Gasteiger partial charge in [-0.15, -0.1) is 0 Å². The van der Waals surface area contributed by atoms with Crippen molar-refractivity contribution in [2.75, 3.05) is 11.9 Å². The van der Waals surface area contributed by atoms with E-state index in [-0.39, 0.29) is 17.9 Å². The van der Waals surface area contributed by atoms with Crippen molar-refractivity contribution in [3.8, 4) is 5.75 Å². The van der Waals surface area contributed by atoms with Gasteiger partial charge in [0.05, 0.1) is 12.1 Å². The van der Waals surface area contributed by atoms with E-state index in [9.17, 15) is 5.11 Å². The van der Waals surface area contributed by atoms with E-state index in [4.69, 9.17) is 16.3 Å². The second-order valence-electron chi connectivity index (χ2n) is 7.58. The van der Waals surface area contributed by atoms with Crippen LogP contribution >= 0.6 is 11.6 Å². The van der Waals surface area contributed by atoms with Gasteiger partial charge in [-0.2, -0.15) is 0 Å². The first-order valence-corrected chi connectivity index (χ1v) is 9.96. The summed E-state index contributed by atoms with van der Waals surface area (Å²) in [4.78, 5) is 0. The molecule has 0 spiro atoms. The minimum atomic E-state index is 0.0929. The third-order valence-electron chi connectivity index (χ3n) is 5.99. The van der Waals surface area contributed by atoms with Gasteiger partial charge in [0.25, 0.3) is 0 Å². The van der Waals surface area contributed by atoms with Gasteiger partial charge in [0.15, 0.2) is 0 Å². The minimum Gasteiger partial charge on any atom is -0.508 e. The Kier molecular flexibility index (Phi) is 4.85. The Morgan fingerprint density at radius 1 is 1.23 bits per heavy atom. The Morgan fingerprint density at radius 3 is 2.85 bits per heavy atom. The average molecular weight is 372 g/mol. The highest BCUT2D eigenvalue weighted by molar-refractivity contribution is 6.31. The number of rotatable bonds is 3. The Morgan fingerprint density at radius 2 is 2.08 bits per heavy atom. The number of aromatic hydroxyl groups is 1. The van der Waals surface area contributed by atoms with Crippen LogP contribution in [0.5, 0.6) is 5.75 Å². The lowest BCUT2D eigenvalue weighted by Crippen LogP contribution is -2.36. The largest absolute Gasteiger partial charge is 0.508 e. The molecule has 0 amide bonds. The van der Waals surface area contributed by atoms with Crippen molar-refractivity contribution in [1.29, 1.82) is 0 Å². The van der Waals surface area contributed by atoms with Crippen LogP contribution in [0.25, 0.3) is 0 Å². The van der Waals surface area contributed by atoms with Gasteiger partial charge < -0.3 is 15.2 Å². The first-order chi connectivity index (χ1) is 12.6. The summed E-state index contributed by atoms with van der Waals surface area (Å²) in [6.45, 7) is 5.31. The van der Waals surface area contributed by atoms with E-state index in [1.807, 2.05) is 6.07 Å². The zero-order chi connectivity index (χ0) is 18.3. The second kappa shape index (κ2) is 7.13. The summed E-state index contributed by atoms with van der Waals surface area (Å²) in [6, 6.07) is 12.1. The van der Waals surface area contributed by atoms with Crippen molar-refractivity contribution >= 4 is 17.3 Å². The van der Waals surface area contributed by atoms with Crippen molar-refractivity contribution < 1.29 is 9.84 Å². The molecule has 1 saturated heterocycles. The molecular weight excluding hydrogens is 346 g/mol. The topological polar surface area (TPSA) is 41.5 Å². The predicted molar refractivity (Wildman–Crippen MR) is 106 cm³/mol. The van der Waals surface area contributed by atoms with E-state index < -0.39 is 0 Å². The summed E-state index contributed by atoms with van der Waals surface area (Å²) >= 11 is 6.47. The van der Waals surface area contributed by atoms with Crippen LogP contribution in [0.4, 0.5) is 5.69 Å². The number of halogens is 1. The lowest BCUT2D eigenvalue weighted by Gasteiger charge is -2.44. The summed E-state index contributed by atoms with van der Waals surface area (Å²) < 4.78 is 6.26. The van der Waals surface area contributed by atoms with Crippen LogP contribution in [0, 0.1) is 5.92 Å². The van der Waals surface area contributed by atoms with Crippen LogP contribution < -0.4 is 5.32 Å². The van der Waals surface area contributed by atoms with Gasteiger partial charge in [-0.3, -0.25) is 0 Å². The third-order valence-corrected chi connectivity index (χ3v) is 6.32. The summed E-state index contributed by atoms with van der Waals surface area (Å²) in [5.74, 6) is 1.08. The van der Waals surface area contributed by atoms with Gasteiger partial charge in [0, 0.05) is 28.8 Å². The van der Waals surface area contributed by atoms with Crippen molar-refractivity contribution in [2.24, 2.45) is 5.92 Å². The molecule has 2 heterocycles. The Balaban J connectivity index is 1.76. The van der Waals surface area contributed by atoms with Crippen LogP contribution in [0.2, 0.25) is 5.02 Å². The van der Waals surface area contributed by atoms with Crippen LogP contribution in [0.1, 0.15) is 67.9 Å². The number of fused-ring (bicyclic) bond motifs is 3. The fourth-order valence-corrected chi connectivity index (χ4v) is 4.60. The first-order valence-electron chi connectivity index (χ1n) is 9.59. The number of nitrogens with one attached hydrogen (secondary N) is 1. The highest BCUT2D eigenvalue weighted by atomic mass is 35.5. The molecule has 1 fully saturated rings. The van der Waals surface area contributed by atoms with Gasteiger partial charge >= 0.3 is 0 Å². The van der Waals surface area contributed by atoms with E-state index in [0.29, 0.717) is 16.9 Å². The molecule has 4 heteroatoms. The molecule has 0 aromatic heterocycles. The summed E-state index contributed by atoms with van der Waals surface area (Å²) in [6.07, 6.45) is 3.40. The Labute approximate surface area is 160 Å². The number of phenols is 1. The smallest absolute Gasteiger partial charge is 0.117 e.